The van der Waals surface area contributed by atoms with Gasteiger partial charge in [-0.3, -0.25) is 9.59 Å². The number of rotatable bonds is 6. The minimum absolute atomic E-state index is 0.114. The Morgan fingerprint density at radius 1 is 1.10 bits per heavy atom. The van der Waals surface area contributed by atoms with E-state index < -0.39 is 0 Å². The highest BCUT2D eigenvalue weighted by Crippen LogP contribution is 2.24. The second kappa shape index (κ2) is 9.04. The third-order valence-corrected chi connectivity index (χ3v) is 5.52. The largest absolute Gasteiger partial charge is 0.459 e. The van der Waals surface area contributed by atoms with Gasteiger partial charge in [0, 0.05) is 44.5 Å². The lowest BCUT2D eigenvalue weighted by Crippen LogP contribution is -2.48. The fraction of sp³-hybridized carbons (Fsp3) is 0.300. The van der Waals surface area contributed by atoms with Gasteiger partial charge in [-0.25, -0.2) is 0 Å². The van der Waals surface area contributed by atoms with Gasteiger partial charge in [0.05, 0.1) is 12.0 Å². The molecule has 1 N–H and O–H groups in total. The molecule has 0 spiro atoms. The Morgan fingerprint density at radius 2 is 1.87 bits per heavy atom. The standard InChI is InChI=1S/C20H21N5O4S/c1-14(26)24-8-10-25(11-9-24)16-6-4-15(5-7-16)21-18(27)13-30-20-23-22-19(29-20)17-3-2-12-28-17/h2-7,12H,8-11,13H2,1H3,(H,21,27). The van der Waals surface area contributed by atoms with Crippen molar-refractivity contribution in [3.05, 3.63) is 42.7 Å². The zero-order valence-electron chi connectivity index (χ0n) is 16.4. The van der Waals surface area contributed by atoms with Crippen LogP contribution in [0.2, 0.25) is 0 Å². The molecule has 1 aromatic carbocycles. The van der Waals surface area contributed by atoms with Gasteiger partial charge in [0.2, 0.25) is 11.8 Å². The van der Waals surface area contributed by atoms with Gasteiger partial charge in [0.1, 0.15) is 0 Å². The predicted octanol–water partition coefficient (Wildman–Crippen LogP) is 2.73. The van der Waals surface area contributed by atoms with Crippen molar-refractivity contribution in [3.8, 4) is 11.7 Å². The van der Waals surface area contributed by atoms with Crippen molar-refractivity contribution < 1.29 is 18.4 Å². The number of amides is 2. The monoisotopic (exact) mass is 427 g/mol. The average Bonchev–Trinajstić information content (AvgIpc) is 3.45. The summed E-state index contributed by atoms with van der Waals surface area (Å²) in [4.78, 5) is 27.7. The molecule has 1 fully saturated rings. The van der Waals surface area contributed by atoms with Gasteiger partial charge >= 0.3 is 0 Å². The van der Waals surface area contributed by atoms with Gasteiger partial charge in [0.15, 0.2) is 5.76 Å². The molecule has 0 atom stereocenters. The van der Waals surface area contributed by atoms with E-state index in [0.29, 0.717) is 16.7 Å². The number of nitrogens with one attached hydrogen (secondary N) is 1. The van der Waals surface area contributed by atoms with Crippen molar-refractivity contribution in [2.24, 2.45) is 0 Å². The summed E-state index contributed by atoms with van der Waals surface area (Å²) in [5.41, 5.74) is 1.79. The maximum atomic E-state index is 12.2. The van der Waals surface area contributed by atoms with Crippen molar-refractivity contribution in [2.75, 3.05) is 42.1 Å². The Hall–Kier alpha value is -3.27. The number of aromatic nitrogens is 2. The molecule has 4 rings (SSSR count). The quantitative estimate of drug-likeness (QED) is 0.599. The van der Waals surface area contributed by atoms with Gasteiger partial charge in [-0.2, -0.15) is 0 Å². The summed E-state index contributed by atoms with van der Waals surface area (Å²) >= 11 is 1.16. The Kier molecular flexibility index (Phi) is 6.03. The smallest absolute Gasteiger partial charge is 0.284 e. The fourth-order valence-corrected chi connectivity index (χ4v) is 3.69. The summed E-state index contributed by atoms with van der Waals surface area (Å²) in [6, 6.07) is 11.1. The second-order valence-corrected chi connectivity index (χ2v) is 7.65. The van der Waals surface area contributed by atoms with Crippen LogP contribution in [0.25, 0.3) is 11.7 Å². The zero-order chi connectivity index (χ0) is 20.9. The summed E-state index contributed by atoms with van der Waals surface area (Å²) in [6.45, 7) is 4.64. The number of hydrogen-bond donors (Lipinski definition) is 1. The number of anilines is 2. The van der Waals surface area contributed by atoms with Crippen molar-refractivity contribution in [2.45, 2.75) is 12.1 Å². The molecule has 0 unspecified atom stereocenters. The molecule has 1 aliphatic rings. The molecule has 1 aliphatic heterocycles. The molecule has 0 saturated carbocycles. The van der Waals surface area contributed by atoms with E-state index in [2.05, 4.69) is 20.4 Å². The van der Waals surface area contributed by atoms with E-state index in [-0.39, 0.29) is 23.5 Å². The number of piperazine rings is 1. The highest BCUT2D eigenvalue weighted by molar-refractivity contribution is 7.99. The summed E-state index contributed by atoms with van der Waals surface area (Å²) in [7, 11) is 0. The van der Waals surface area contributed by atoms with Crippen LogP contribution in [0.5, 0.6) is 0 Å². The minimum atomic E-state index is -0.166. The molecule has 3 heterocycles. The first kappa shape index (κ1) is 20.0. The van der Waals surface area contributed by atoms with Gasteiger partial charge in [-0.1, -0.05) is 11.8 Å². The van der Waals surface area contributed by atoms with E-state index in [9.17, 15) is 9.59 Å². The Morgan fingerprint density at radius 3 is 2.53 bits per heavy atom. The maximum Gasteiger partial charge on any atom is 0.284 e. The number of benzene rings is 1. The lowest BCUT2D eigenvalue weighted by molar-refractivity contribution is -0.129. The molecule has 30 heavy (non-hydrogen) atoms. The van der Waals surface area contributed by atoms with Crippen LogP contribution in [0.15, 0.2) is 56.7 Å². The SMILES string of the molecule is CC(=O)N1CCN(c2ccc(NC(=O)CSc3nnc(-c4ccco4)o3)cc2)CC1. The Balaban J connectivity index is 1.25. The van der Waals surface area contributed by atoms with Gasteiger partial charge in [-0.15, -0.1) is 10.2 Å². The number of carbonyl (C=O) groups is 2. The highest BCUT2D eigenvalue weighted by atomic mass is 32.2. The van der Waals surface area contributed by atoms with Gasteiger partial charge < -0.3 is 24.0 Å². The third-order valence-electron chi connectivity index (χ3n) is 4.71. The molecule has 2 aromatic heterocycles. The molecule has 156 valence electrons. The van der Waals surface area contributed by atoms with Crippen molar-refractivity contribution in [1.82, 2.24) is 15.1 Å². The van der Waals surface area contributed by atoms with Crippen molar-refractivity contribution in [1.29, 1.82) is 0 Å². The van der Waals surface area contributed by atoms with E-state index in [1.165, 1.54) is 6.26 Å². The first-order valence-corrected chi connectivity index (χ1v) is 10.5. The average molecular weight is 427 g/mol. The lowest BCUT2D eigenvalue weighted by atomic mass is 10.2. The lowest BCUT2D eigenvalue weighted by Gasteiger charge is -2.35. The number of furan rings is 1. The number of hydrogen-bond acceptors (Lipinski definition) is 8. The first-order valence-electron chi connectivity index (χ1n) is 9.49. The van der Waals surface area contributed by atoms with Gasteiger partial charge in [0.25, 0.3) is 11.1 Å². The van der Waals surface area contributed by atoms with Crippen LogP contribution in [-0.2, 0) is 9.59 Å². The van der Waals surface area contributed by atoms with Crippen LogP contribution in [0.4, 0.5) is 11.4 Å². The van der Waals surface area contributed by atoms with Crippen LogP contribution in [-0.4, -0.2) is 58.8 Å². The van der Waals surface area contributed by atoms with Crippen LogP contribution in [0.3, 0.4) is 0 Å². The molecule has 3 aromatic rings. The van der Waals surface area contributed by atoms with E-state index in [4.69, 9.17) is 8.83 Å². The second-order valence-electron chi connectivity index (χ2n) is 6.73. The van der Waals surface area contributed by atoms with E-state index in [1.54, 1.807) is 19.1 Å². The minimum Gasteiger partial charge on any atom is -0.459 e. The molecule has 0 radical (unpaired) electrons. The summed E-state index contributed by atoms with van der Waals surface area (Å²) < 4.78 is 10.7. The maximum absolute atomic E-state index is 12.2. The van der Waals surface area contributed by atoms with Crippen LogP contribution < -0.4 is 10.2 Å². The van der Waals surface area contributed by atoms with Gasteiger partial charge in [-0.05, 0) is 36.4 Å². The number of thioether (sulfide) groups is 1. The topological polar surface area (TPSA) is 105 Å². The first-order chi connectivity index (χ1) is 14.6. The normalized spacial score (nSPS) is 14.0. The Labute approximate surface area is 177 Å². The molecule has 2 amide bonds. The molecule has 9 nitrogen and oxygen atoms in total. The molecule has 0 aliphatic carbocycles. The van der Waals surface area contributed by atoms with Crippen LogP contribution >= 0.6 is 11.8 Å². The van der Waals surface area contributed by atoms with Crippen molar-refractivity contribution in [3.63, 3.8) is 0 Å². The number of nitrogens with zero attached hydrogens (tertiary/aromatic N) is 4. The van der Waals surface area contributed by atoms with E-state index >= 15 is 0 Å². The zero-order valence-corrected chi connectivity index (χ0v) is 17.2. The molecular formula is C20H21N5O4S. The Bertz CT molecular complexity index is 995. The predicted molar refractivity (Wildman–Crippen MR) is 112 cm³/mol. The van der Waals surface area contributed by atoms with E-state index in [0.717, 1.165) is 43.6 Å². The molecule has 0 bridgehead atoms. The third kappa shape index (κ3) is 4.82. The molecular weight excluding hydrogens is 406 g/mol. The van der Waals surface area contributed by atoms with Crippen LogP contribution in [0, 0.1) is 0 Å². The van der Waals surface area contributed by atoms with E-state index in [1.807, 2.05) is 29.2 Å². The molecule has 1 saturated heterocycles. The molecule has 10 heteroatoms. The summed E-state index contributed by atoms with van der Waals surface area (Å²) in [5.74, 6) is 0.863. The summed E-state index contributed by atoms with van der Waals surface area (Å²) in [5, 5.41) is 11.0. The van der Waals surface area contributed by atoms with Crippen molar-refractivity contribution >= 4 is 35.0 Å². The number of carbonyl (C=O) groups excluding carboxylic acids is 2. The summed E-state index contributed by atoms with van der Waals surface area (Å²) in [6.07, 6.45) is 1.52. The van der Waals surface area contributed by atoms with Crippen LogP contribution in [0.1, 0.15) is 6.92 Å². The fourth-order valence-electron chi connectivity index (χ4n) is 3.13. The highest BCUT2D eigenvalue weighted by Gasteiger charge is 2.19.